The quantitative estimate of drug-likeness (QED) is 0.401. The predicted molar refractivity (Wildman–Crippen MR) is 98.9 cm³/mol. The first kappa shape index (κ1) is 17.1. The third-order valence-electron chi connectivity index (χ3n) is 4.88. The van der Waals surface area contributed by atoms with E-state index < -0.39 is 5.63 Å². The fraction of sp³-hybridized carbons (Fsp3) is 0.238. The van der Waals surface area contributed by atoms with Crippen LogP contribution >= 0.6 is 0 Å². The lowest BCUT2D eigenvalue weighted by molar-refractivity contribution is -0.135. The molecular weight excluding hydrogens is 348 g/mol. The van der Waals surface area contributed by atoms with Gasteiger partial charge in [0.05, 0.1) is 20.6 Å². The summed E-state index contributed by atoms with van der Waals surface area (Å²) in [6, 6.07) is 10.4. The molecule has 6 heteroatoms. The van der Waals surface area contributed by atoms with Gasteiger partial charge in [0.15, 0.2) is 0 Å². The molecule has 1 aromatic heterocycles. The Labute approximate surface area is 155 Å². The molecule has 27 heavy (non-hydrogen) atoms. The number of hydrogen-bond donors (Lipinski definition) is 0. The molecule has 1 aliphatic heterocycles. The molecule has 0 saturated carbocycles. The van der Waals surface area contributed by atoms with Crippen LogP contribution in [0, 0.1) is 6.92 Å². The summed E-state index contributed by atoms with van der Waals surface area (Å²) in [5, 5.41) is 0.809. The molecule has 0 N–H and O–H groups in total. The van der Waals surface area contributed by atoms with Crippen LogP contribution < -0.4 is 19.8 Å². The van der Waals surface area contributed by atoms with Crippen LogP contribution in [-0.4, -0.2) is 20.2 Å². The zero-order valence-electron chi connectivity index (χ0n) is 15.2. The first-order valence-corrected chi connectivity index (χ1v) is 8.51. The molecule has 6 nitrogen and oxygen atoms in total. The number of benzene rings is 2. The third kappa shape index (κ3) is 2.83. The number of carbonyl (C=O) groups is 1. The van der Waals surface area contributed by atoms with Gasteiger partial charge in [0.2, 0.25) is 0 Å². The van der Waals surface area contributed by atoms with Crippen molar-refractivity contribution in [3.8, 4) is 17.2 Å². The second-order valence-electron chi connectivity index (χ2n) is 6.44. The van der Waals surface area contributed by atoms with Crippen molar-refractivity contribution in [2.45, 2.75) is 19.3 Å². The van der Waals surface area contributed by atoms with Crippen LogP contribution in [0.1, 0.15) is 29.0 Å². The summed E-state index contributed by atoms with van der Waals surface area (Å²) >= 11 is 0. The molecule has 1 aliphatic rings. The highest BCUT2D eigenvalue weighted by molar-refractivity contribution is 5.90. The van der Waals surface area contributed by atoms with Crippen LogP contribution in [0.5, 0.6) is 17.2 Å². The van der Waals surface area contributed by atoms with Crippen molar-refractivity contribution in [1.82, 2.24) is 0 Å². The van der Waals surface area contributed by atoms with E-state index in [9.17, 15) is 9.59 Å². The standard InChI is InChI=1S/C21H18O6/c1-11-8-18(22)27-21-13(11)6-7-16-20(21)15(10-19(23)26-16)14-5-4-12(24-2)9-17(14)25-3/h4-9,15H,10H2,1-3H3/t15-/m1/s1. The highest BCUT2D eigenvalue weighted by Gasteiger charge is 2.33. The maximum atomic E-state index is 12.2. The second kappa shape index (κ2) is 6.46. The van der Waals surface area contributed by atoms with E-state index in [1.54, 1.807) is 32.4 Å². The molecule has 0 radical (unpaired) electrons. The van der Waals surface area contributed by atoms with Crippen LogP contribution in [0.2, 0.25) is 0 Å². The van der Waals surface area contributed by atoms with Crippen LogP contribution in [-0.2, 0) is 4.79 Å². The predicted octanol–water partition coefficient (Wildman–Crippen LogP) is 3.56. The number of carbonyl (C=O) groups excluding carboxylic acids is 1. The molecule has 0 saturated heterocycles. The Bertz CT molecular complexity index is 1110. The fourth-order valence-electron chi connectivity index (χ4n) is 3.61. The van der Waals surface area contributed by atoms with E-state index in [4.69, 9.17) is 18.6 Å². The Morgan fingerprint density at radius 3 is 2.59 bits per heavy atom. The topological polar surface area (TPSA) is 75.0 Å². The van der Waals surface area contributed by atoms with Crippen molar-refractivity contribution in [1.29, 1.82) is 0 Å². The summed E-state index contributed by atoms with van der Waals surface area (Å²) in [6.07, 6.45) is 0.118. The maximum Gasteiger partial charge on any atom is 0.336 e. The van der Waals surface area contributed by atoms with E-state index >= 15 is 0 Å². The van der Waals surface area contributed by atoms with Crippen molar-refractivity contribution in [3.05, 3.63) is 63.5 Å². The van der Waals surface area contributed by atoms with Gasteiger partial charge in [0.1, 0.15) is 22.8 Å². The van der Waals surface area contributed by atoms with E-state index in [1.165, 1.54) is 6.07 Å². The minimum Gasteiger partial charge on any atom is -0.497 e. The first-order valence-electron chi connectivity index (χ1n) is 8.51. The van der Waals surface area contributed by atoms with Crippen molar-refractivity contribution in [3.63, 3.8) is 0 Å². The molecule has 0 spiro atoms. The van der Waals surface area contributed by atoms with Gasteiger partial charge in [0.25, 0.3) is 0 Å². The number of hydrogen-bond acceptors (Lipinski definition) is 6. The molecule has 0 fully saturated rings. The molecule has 0 unspecified atom stereocenters. The van der Waals surface area contributed by atoms with Crippen molar-refractivity contribution >= 4 is 16.9 Å². The molecular formula is C21H18O6. The molecule has 3 aromatic rings. The highest BCUT2D eigenvalue weighted by Crippen LogP contribution is 2.46. The van der Waals surface area contributed by atoms with Gasteiger partial charge in [-0.1, -0.05) is 6.07 Å². The average Bonchev–Trinajstić information content (AvgIpc) is 2.66. The van der Waals surface area contributed by atoms with Gasteiger partial charge in [-0.25, -0.2) is 4.79 Å². The number of fused-ring (bicyclic) bond motifs is 3. The van der Waals surface area contributed by atoms with Gasteiger partial charge < -0.3 is 18.6 Å². The molecule has 0 bridgehead atoms. The lowest BCUT2D eigenvalue weighted by Gasteiger charge is -2.27. The normalized spacial score (nSPS) is 16.0. The molecule has 4 rings (SSSR count). The zero-order valence-corrected chi connectivity index (χ0v) is 15.2. The number of ether oxygens (including phenoxy) is 3. The summed E-state index contributed by atoms with van der Waals surface area (Å²) < 4.78 is 21.7. The number of esters is 1. The largest absolute Gasteiger partial charge is 0.497 e. The summed E-state index contributed by atoms with van der Waals surface area (Å²) in [5.74, 6) is 0.923. The average molecular weight is 366 g/mol. The van der Waals surface area contributed by atoms with E-state index in [-0.39, 0.29) is 18.3 Å². The molecule has 2 heterocycles. The fourth-order valence-corrected chi connectivity index (χ4v) is 3.61. The van der Waals surface area contributed by atoms with Crippen LogP contribution in [0.3, 0.4) is 0 Å². The molecule has 0 aliphatic carbocycles. The van der Waals surface area contributed by atoms with Gasteiger partial charge in [-0.15, -0.1) is 0 Å². The molecule has 1 atom stereocenters. The summed E-state index contributed by atoms with van der Waals surface area (Å²) in [5.41, 5.74) is 2.28. The third-order valence-corrected chi connectivity index (χ3v) is 4.88. The van der Waals surface area contributed by atoms with Crippen molar-refractivity contribution < 1.29 is 23.4 Å². The Morgan fingerprint density at radius 1 is 1.04 bits per heavy atom. The minimum atomic E-state index is -0.439. The monoisotopic (exact) mass is 366 g/mol. The lowest BCUT2D eigenvalue weighted by atomic mass is 9.84. The SMILES string of the molecule is COc1ccc([C@H]2CC(=O)Oc3ccc4c(C)cc(=O)oc4c32)c(OC)c1. The van der Waals surface area contributed by atoms with Gasteiger partial charge in [-0.3, -0.25) is 4.79 Å². The van der Waals surface area contributed by atoms with E-state index in [0.29, 0.717) is 28.4 Å². The number of methoxy groups -OCH3 is 2. The molecule has 0 amide bonds. The number of rotatable bonds is 3. The smallest absolute Gasteiger partial charge is 0.336 e. The van der Waals surface area contributed by atoms with E-state index in [1.807, 2.05) is 19.1 Å². The Balaban J connectivity index is 2.02. The van der Waals surface area contributed by atoms with Gasteiger partial charge in [0, 0.05) is 34.6 Å². The maximum absolute atomic E-state index is 12.2. The van der Waals surface area contributed by atoms with Gasteiger partial charge in [-0.05, 0) is 30.7 Å². The Kier molecular flexibility index (Phi) is 4.11. The van der Waals surface area contributed by atoms with Crippen LogP contribution in [0.25, 0.3) is 11.0 Å². The molecule has 2 aromatic carbocycles. The molecule has 138 valence electrons. The van der Waals surface area contributed by atoms with Crippen LogP contribution in [0.15, 0.2) is 45.6 Å². The van der Waals surface area contributed by atoms with E-state index in [0.717, 1.165) is 16.5 Å². The summed E-state index contributed by atoms with van der Waals surface area (Å²) in [4.78, 5) is 24.2. The zero-order chi connectivity index (χ0) is 19.1. The number of aryl methyl sites for hydroxylation is 1. The van der Waals surface area contributed by atoms with Crippen molar-refractivity contribution in [2.24, 2.45) is 0 Å². The highest BCUT2D eigenvalue weighted by atomic mass is 16.5. The Morgan fingerprint density at radius 2 is 1.85 bits per heavy atom. The van der Waals surface area contributed by atoms with Crippen LogP contribution in [0.4, 0.5) is 0 Å². The second-order valence-corrected chi connectivity index (χ2v) is 6.44. The minimum absolute atomic E-state index is 0.118. The summed E-state index contributed by atoms with van der Waals surface area (Å²) in [6.45, 7) is 1.85. The first-order chi connectivity index (χ1) is 13.0. The summed E-state index contributed by atoms with van der Waals surface area (Å²) in [7, 11) is 3.14. The van der Waals surface area contributed by atoms with Crippen molar-refractivity contribution in [2.75, 3.05) is 14.2 Å². The van der Waals surface area contributed by atoms with E-state index in [2.05, 4.69) is 0 Å². The lowest BCUT2D eigenvalue weighted by Crippen LogP contribution is -2.22. The van der Waals surface area contributed by atoms with Gasteiger partial charge >= 0.3 is 11.6 Å². The van der Waals surface area contributed by atoms with Gasteiger partial charge in [-0.2, -0.15) is 0 Å². The Hall–Kier alpha value is -3.28.